The smallest absolute Gasteiger partial charge is 0.0602 e. The van der Waals surface area contributed by atoms with Gasteiger partial charge in [0, 0.05) is 31.1 Å². The van der Waals surface area contributed by atoms with Crippen molar-refractivity contribution >= 4 is 11.6 Å². The van der Waals surface area contributed by atoms with Crippen molar-refractivity contribution in [1.82, 2.24) is 9.80 Å². The fraction of sp³-hybridized carbons (Fsp3) is 1.00. The van der Waals surface area contributed by atoms with Crippen molar-refractivity contribution in [1.29, 1.82) is 0 Å². The predicted octanol–water partition coefficient (Wildman–Crippen LogP) is 1.41. The molecule has 0 radical (unpaired) electrons. The lowest BCUT2D eigenvalue weighted by molar-refractivity contribution is 0.110. The molecule has 2 saturated heterocycles. The summed E-state index contributed by atoms with van der Waals surface area (Å²) >= 11 is 5.57. The van der Waals surface area contributed by atoms with Crippen LogP contribution in [0, 0.1) is 0 Å². The maximum Gasteiger partial charge on any atom is 0.0602 e. The van der Waals surface area contributed by atoms with E-state index in [4.69, 9.17) is 16.3 Å². The molecule has 2 aliphatic rings. The molecule has 16 heavy (non-hydrogen) atoms. The van der Waals surface area contributed by atoms with Crippen LogP contribution in [0.2, 0.25) is 0 Å². The molecule has 0 saturated carbocycles. The second kappa shape index (κ2) is 6.20. The summed E-state index contributed by atoms with van der Waals surface area (Å²) in [5.41, 5.74) is 0. The first-order valence-electron chi connectivity index (χ1n) is 6.39. The minimum absolute atomic E-state index is 0.605. The number of halogens is 1. The highest BCUT2D eigenvalue weighted by atomic mass is 35.5. The molecule has 4 heteroatoms. The summed E-state index contributed by atoms with van der Waals surface area (Å²) in [5, 5.41) is 0. The summed E-state index contributed by atoms with van der Waals surface area (Å²) in [7, 11) is 2.29. The third-order valence-corrected chi connectivity index (χ3v) is 4.16. The van der Waals surface area contributed by atoms with Crippen molar-refractivity contribution in [2.24, 2.45) is 0 Å². The van der Waals surface area contributed by atoms with E-state index in [9.17, 15) is 0 Å². The van der Waals surface area contributed by atoms with Gasteiger partial charge in [-0.15, -0.1) is 11.6 Å². The first-order valence-corrected chi connectivity index (χ1v) is 6.92. The van der Waals surface area contributed by atoms with Crippen molar-refractivity contribution < 1.29 is 4.74 Å². The van der Waals surface area contributed by atoms with Gasteiger partial charge in [-0.05, 0) is 32.9 Å². The summed E-state index contributed by atoms with van der Waals surface area (Å²) in [6.45, 7) is 5.02. The average molecular weight is 247 g/mol. The van der Waals surface area contributed by atoms with E-state index in [1.807, 2.05) is 0 Å². The number of rotatable bonds is 5. The Labute approximate surface area is 104 Å². The van der Waals surface area contributed by atoms with E-state index in [2.05, 4.69) is 16.8 Å². The number of hydrogen-bond donors (Lipinski definition) is 0. The van der Waals surface area contributed by atoms with Gasteiger partial charge in [0.05, 0.1) is 13.2 Å². The molecule has 0 aliphatic carbocycles. The van der Waals surface area contributed by atoms with Gasteiger partial charge in [0.25, 0.3) is 0 Å². The standard InChI is InChI=1S/C12H23ClN2O/c1-14-11-2-3-12(14)10-15(6-4-11)7-9-16-8-5-13/h11-12H,2-10H2,1H3. The zero-order chi connectivity index (χ0) is 11.4. The SMILES string of the molecule is CN1C2CCC1CN(CCOCCCl)CC2. The highest BCUT2D eigenvalue weighted by Gasteiger charge is 2.34. The Kier molecular flexibility index (Phi) is 4.89. The van der Waals surface area contributed by atoms with Crippen molar-refractivity contribution in [2.75, 3.05) is 45.8 Å². The van der Waals surface area contributed by atoms with E-state index in [1.165, 1.54) is 32.4 Å². The van der Waals surface area contributed by atoms with E-state index in [-0.39, 0.29) is 0 Å². The molecule has 0 N–H and O–H groups in total. The molecular formula is C12H23ClN2O. The molecule has 0 aromatic rings. The summed E-state index contributed by atoms with van der Waals surface area (Å²) in [4.78, 5) is 5.13. The van der Waals surface area contributed by atoms with Gasteiger partial charge in [0.2, 0.25) is 0 Å². The van der Waals surface area contributed by atoms with Gasteiger partial charge in [-0.25, -0.2) is 0 Å². The van der Waals surface area contributed by atoms with E-state index < -0.39 is 0 Å². The number of likely N-dealkylation sites (tertiary alicyclic amines) is 1. The van der Waals surface area contributed by atoms with Crippen LogP contribution in [0.15, 0.2) is 0 Å². The van der Waals surface area contributed by atoms with E-state index in [1.54, 1.807) is 0 Å². The normalized spacial score (nSPS) is 31.9. The average Bonchev–Trinajstić information content (AvgIpc) is 2.51. The first kappa shape index (κ1) is 12.6. The van der Waals surface area contributed by atoms with Crippen LogP contribution >= 0.6 is 11.6 Å². The number of alkyl halides is 1. The Balaban J connectivity index is 1.71. The molecule has 2 aliphatic heterocycles. The molecule has 2 atom stereocenters. The topological polar surface area (TPSA) is 15.7 Å². The molecule has 2 unspecified atom stereocenters. The Morgan fingerprint density at radius 2 is 2.00 bits per heavy atom. The van der Waals surface area contributed by atoms with Gasteiger partial charge in [0.1, 0.15) is 0 Å². The predicted molar refractivity (Wildman–Crippen MR) is 67.2 cm³/mol. The number of hydrogen-bond acceptors (Lipinski definition) is 3. The highest BCUT2D eigenvalue weighted by Crippen LogP contribution is 2.28. The summed E-state index contributed by atoms with van der Waals surface area (Å²) in [5.74, 6) is 0.605. The quantitative estimate of drug-likeness (QED) is 0.539. The zero-order valence-corrected chi connectivity index (χ0v) is 11.0. The number of likely N-dealkylation sites (N-methyl/N-ethyl adjacent to an activating group) is 1. The van der Waals surface area contributed by atoms with E-state index in [0.29, 0.717) is 12.5 Å². The zero-order valence-electron chi connectivity index (χ0n) is 10.2. The van der Waals surface area contributed by atoms with Crippen LogP contribution in [0.4, 0.5) is 0 Å². The maximum atomic E-state index is 5.57. The van der Waals surface area contributed by atoms with Gasteiger partial charge in [-0.3, -0.25) is 9.80 Å². The first-order chi connectivity index (χ1) is 7.81. The Morgan fingerprint density at radius 1 is 1.19 bits per heavy atom. The highest BCUT2D eigenvalue weighted by molar-refractivity contribution is 6.17. The van der Waals surface area contributed by atoms with Gasteiger partial charge in [-0.1, -0.05) is 0 Å². The number of fused-ring (bicyclic) bond motifs is 2. The van der Waals surface area contributed by atoms with Crippen LogP contribution in [0.5, 0.6) is 0 Å². The van der Waals surface area contributed by atoms with Crippen molar-refractivity contribution in [2.45, 2.75) is 31.3 Å². The van der Waals surface area contributed by atoms with Crippen LogP contribution in [0.1, 0.15) is 19.3 Å². The van der Waals surface area contributed by atoms with Crippen LogP contribution in [-0.4, -0.2) is 67.7 Å². The lowest BCUT2D eigenvalue weighted by atomic mass is 10.1. The number of ether oxygens (including phenoxy) is 1. The monoisotopic (exact) mass is 246 g/mol. The molecule has 0 aromatic heterocycles. The maximum absolute atomic E-state index is 5.57. The minimum atomic E-state index is 0.605. The summed E-state index contributed by atoms with van der Waals surface area (Å²) in [6, 6.07) is 1.61. The Hall–Kier alpha value is 0.170. The fourth-order valence-corrected chi connectivity index (χ4v) is 3.04. The van der Waals surface area contributed by atoms with Gasteiger partial charge in [0.15, 0.2) is 0 Å². The lowest BCUT2D eigenvalue weighted by Crippen LogP contribution is -2.38. The van der Waals surface area contributed by atoms with Crippen LogP contribution < -0.4 is 0 Å². The minimum Gasteiger partial charge on any atom is -0.379 e. The fourth-order valence-electron chi connectivity index (χ4n) is 2.93. The molecule has 2 heterocycles. The second-order valence-corrected chi connectivity index (χ2v) is 5.32. The lowest BCUT2D eigenvalue weighted by Gasteiger charge is -2.25. The molecular weight excluding hydrogens is 224 g/mol. The van der Waals surface area contributed by atoms with Crippen molar-refractivity contribution in [3.05, 3.63) is 0 Å². The largest absolute Gasteiger partial charge is 0.379 e. The van der Waals surface area contributed by atoms with Gasteiger partial charge in [-0.2, -0.15) is 0 Å². The van der Waals surface area contributed by atoms with Gasteiger partial charge >= 0.3 is 0 Å². The third-order valence-electron chi connectivity index (χ3n) is 4.01. The van der Waals surface area contributed by atoms with Crippen LogP contribution in [0.3, 0.4) is 0 Å². The molecule has 2 bridgehead atoms. The van der Waals surface area contributed by atoms with Crippen LogP contribution in [-0.2, 0) is 4.74 Å². The molecule has 3 nitrogen and oxygen atoms in total. The van der Waals surface area contributed by atoms with Gasteiger partial charge < -0.3 is 4.74 Å². The molecule has 2 rings (SSSR count). The summed E-state index contributed by atoms with van der Waals surface area (Å²) in [6.07, 6.45) is 4.10. The molecule has 94 valence electrons. The molecule has 0 spiro atoms. The second-order valence-electron chi connectivity index (χ2n) is 4.94. The molecule has 0 aromatic carbocycles. The summed E-state index contributed by atoms with van der Waals surface area (Å²) < 4.78 is 5.45. The molecule has 0 amide bonds. The van der Waals surface area contributed by atoms with Crippen LogP contribution in [0.25, 0.3) is 0 Å². The number of nitrogens with zero attached hydrogens (tertiary/aromatic N) is 2. The van der Waals surface area contributed by atoms with E-state index in [0.717, 1.165) is 25.2 Å². The Morgan fingerprint density at radius 3 is 2.81 bits per heavy atom. The van der Waals surface area contributed by atoms with Crippen molar-refractivity contribution in [3.63, 3.8) is 0 Å². The molecule has 2 fully saturated rings. The van der Waals surface area contributed by atoms with Crippen molar-refractivity contribution in [3.8, 4) is 0 Å². The third kappa shape index (κ3) is 3.10. The van der Waals surface area contributed by atoms with E-state index >= 15 is 0 Å². The Bertz CT molecular complexity index is 215.